The number of amides is 1. The maximum absolute atomic E-state index is 15.9. The molecule has 2 fully saturated rings. The molecule has 1 spiro atoms. The third-order valence-corrected chi connectivity index (χ3v) is 10.0. The second kappa shape index (κ2) is 8.89. The van der Waals surface area contributed by atoms with Crippen molar-refractivity contribution < 1.29 is 39.2 Å². The largest absolute Gasteiger partial charge is 0.511 e. The van der Waals surface area contributed by atoms with Crippen molar-refractivity contribution in [3.05, 3.63) is 51.2 Å². The van der Waals surface area contributed by atoms with Crippen LogP contribution in [0.2, 0.25) is 0 Å². The number of aromatic hydroxyl groups is 1. The Labute approximate surface area is 224 Å². The number of primary amides is 1. The maximum Gasteiger partial charge on any atom is 0.255 e. The van der Waals surface area contributed by atoms with E-state index < -0.39 is 63.6 Å². The van der Waals surface area contributed by atoms with E-state index in [9.17, 15) is 34.8 Å². The molecule has 6 rings (SSSR count). The van der Waals surface area contributed by atoms with Gasteiger partial charge in [-0.25, -0.2) is 4.39 Å². The van der Waals surface area contributed by atoms with Crippen LogP contribution in [0.3, 0.4) is 0 Å². The first kappa shape index (κ1) is 26.0. The number of likely N-dealkylation sites (tertiary alicyclic amines) is 1. The van der Waals surface area contributed by atoms with E-state index in [1.807, 2.05) is 0 Å². The van der Waals surface area contributed by atoms with Crippen molar-refractivity contribution >= 4 is 17.5 Å². The topological polar surface area (TPSA) is 161 Å². The normalized spacial score (nSPS) is 30.4. The van der Waals surface area contributed by atoms with Gasteiger partial charge in [0, 0.05) is 35.6 Å². The summed E-state index contributed by atoms with van der Waals surface area (Å²) in [6.45, 7) is 2.00. The van der Waals surface area contributed by atoms with E-state index in [1.165, 1.54) is 31.7 Å². The number of carbonyl (C=O) groups excluding carboxylic acids is 3. The Bertz CT molecular complexity index is 1370. The number of rotatable bonds is 3. The Morgan fingerprint density at radius 2 is 1.74 bits per heavy atom. The molecule has 1 amide bonds. The molecular weight excluding hydrogens is 507 g/mol. The zero-order valence-electron chi connectivity index (χ0n) is 21.6. The predicted octanol–water partition coefficient (Wildman–Crippen LogP) is 2.88. The molecule has 0 bridgehead atoms. The number of aliphatic hydroxyl groups excluding tert-OH is 2. The number of hydrogen-bond acceptors (Lipinski definition) is 8. The molecule has 39 heavy (non-hydrogen) atoms. The number of phenolic OH excluding ortho intramolecular Hbond substituents is 1. The highest BCUT2D eigenvalue weighted by Gasteiger charge is 2.59. The number of phenols is 1. The van der Waals surface area contributed by atoms with E-state index in [0.29, 0.717) is 17.5 Å². The van der Waals surface area contributed by atoms with Crippen LogP contribution in [0.25, 0.3) is 0 Å². The molecular formula is C29H33FN2O7. The minimum absolute atomic E-state index is 0.0262. The molecule has 6 N–H and O–H groups in total. The van der Waals surface area contributed by atoms with Gasteiger partial charge in [-0.3, -0.25) is 19.3 Å². The highest BCUT2D eigenvalue weighted by molar-refractivity contribution is 6.24. The summed E-state index contributed by atoms with van der Waals surface area (Å²) in [5, 5.41) is 43.5. The first-order valence-electron chi connectivity index (χ1n) is 13.7. The number of hydrogen-bond donors (Lipinski definition) is 5. The van der Waals surface area contributed by atoms with Crippen molar-refractivity contribution in [1.29, 1.82) is 0 Å². The number of nitrogens with zero attached hydrogens (tertiary/aromatic N) is 1. The minimum Gasteiger partial charge on any atom is -0.511 e. The van der Waals surface area contributed by atoms with Crippen molar-refractivity contribution in [3.63, 3.8) is 0 Å². The molecule has 9 nitrogen and oxygen atoms in total. The van der Waals surface area contributed by atoms with Gasteiger partial charge in [-0.1, -0.05) is 12.8 Å². The number of halogens is 1. The van der Waals surface area contributed by atoms with Gasteiger partial charge in [0.15, 0.2) is 11.4 Å². The third-order valence-electron chi connectivity index (χ3n) is 10.0. The zero-order valence-corrected chi connectivity index (χ0v) is 21.6. The summed E-state index contributed by atoms with van der Waals surface area (Å²) in [5.41, 5.74) is 1.93. The molecule has 0 radical (unpaired) electrons. The number of piperidine rings is 1. The molecule has 1 aromatic carbocycles. The van der Waals surface area contributed by atoms with Crippen molar-refractivity contribution in [2.45, 2.75) is 69.9 Å². The smallest absolute Gasteiger partial charge is 0.255 e. The molecule has 1 heterocycles. The zero-order chi connectivity index (χ0) is 27.9. The van der Waals surface area contributed by atoms with Crippen LogP contribution in [0.1, 0.15) is 72.9 Å². The van der Waals surface area contributed by atoms with E-state index in [4.69, 9.17) is 5.73 Å². The van der Waals surface area contributed by atoms with E-state index in [0.717, 1.165) is 25.9 Å². The van der Waals surface area contributed by atoms with Gasteiger partial charge in [0.1, 0.15) is 28.7 Å². The van der Waals surface area contributed by atoms with Crippen molar-refractivity contribution in [3.8, 4) is 5.75 Å². The summed E-state index contributed by atoms with van der Waals surface area (Å²) in [7, 11) is 0. The van der Waals surface area contributed by atoms with Crippen LogP contribution >= 0.6 is 0 Å². The van der Waals surface area contributed by atoms with Gasteiger partial charge in [0.05, 0.1) is 5.56 Å². The number of carbonyl (C=O) groups is 3. The van der Waals surface area contributed by atoms with Gasteiger partial charge in [0.2, 0.25) is 5.78 Å². The fraction of sp³-hybridized carbons (Fsp3) is 0.552. The van der Waals surface area contributed by atoms with Gasteiger partial charge in [0.25, 0.3) is 5.91 Å². The lowest BCUT2D eigenvalue weighted by Crippen LogP contribution is -2.57. The van der Waals surface area contributed by atoms with E-state index >= 15 is 4.39 Å². The lowest BCUT2D eigenvalue weighted by Gasteiger charge is -2.45. The third kappa shape index (κ3) is 3.75. The van der Waals surface area contributed by atoms with Gasteiger partial charge in [-0.15, -0.1) is 0 Å². The number of benzene rings is 1. The van der Waals surface area contributed by atoms with Gasteiger partial charge in [-0.05, 0) is 69.0 Å². The molecule has 4 aliphatic carbocycles. The molecule has 5 aliphatic rings. The van der Waals surface area contributed by atoms with Crippen LogP contribution in [0.4, 0.5) is 4.39 Å². The fourth-order valence-electron chi connectivity index (χ4n) is 7.89. The summed E-state index contributed by atoms with van der Waals surface area (Å²) in [6.07, 6.45) is 6.79. The molecule has 208 valence electrons. The van der Waals surface area contributed by atoms with Gasteiger partial charge in [-0.2, -0.15) is 0 Å². The van der Waals surface area contributed by atoms with Crippen LogP contribution in [0.5, 0.6) is 5.75 Å². The number of Topliss-reactive ketones (excluding diaryl/α,β-unsaturated/α-hetero) is 2. The Morgan fingerprint density at radius 3 is 2.38 bits per heavy atom. The average Bonchev–Trinajstić information content (AvgIpc) is 3.33. The Hall–Kier alpha value is -3.24. The number of nitrogens with two attached hydrogens (primary N) is 1. The fourth-order valence-corrected chi connectivity index (χ4v) is 7.89. The standard InChI is InChI=1S/C29H33FN2O7/c30-23-15(13-32-7-5-28(6-8-32)3-1-2-4-28)11-18(33)21-17(23)10-14-9-16-12-19(34)22(27(31)38)26(37)29(16,39)25(36)20(14)24(21)35/h11,14,16,33-34,36,39H,1-10,12-13H2,(H2,31,38)/t14?,16-,29-/m0/s1. The van der Waals surface area contributed by atoms with Gasteiger partial charge < -0.3 is 26.2 Å². The Balaban J connectivity index is 1.32. The first-order chi connectivity index (χ1) is 18.5. The molecule has 1 unspecified atom stereocenters. The molecule has 1 saturated heterocycles. The number of allylic oxidation sites excluding steroid dienone is 2. The van der Waals surface area contributed by atoms with Crippen molar-refractivity contribution in [1.82, 2.24) is 4.90 Å². The predicted molar refractivity (Wildman–Crippen MR) is 136 cm³/mol. The molecule has 1 saturated carbocycles. The van der Waals surface area contributed by atoms with Crippen LogP contribution in [0.15, 0.2) is 28.7 Å². The highest BCUT2D eigenvalue weighted by Crippen LogP contribution is 2.52. The number of fused-ring (bicyclic) bond motifs is 3. The highest BCUT2D eigenvalue weighted by atomic mass is 19.1. The monoisotopic (exact) mass is 540 g/mol. The molecule has 0 aromatic heterocycles. The quantitative estimate of drug-likeness (QED) is 0.366. The second-order valence-corrected chi connectivity index (χ2v) is 12.1. The molecule has 3 atom stereocenters. The van der Waals surface area contributed by atoms with Crippen molar-refractivity contribution in [2.24, 2.45) is 23.0 Å². The van der Waals surface area contributed by atoms with Crippen LogP contribution in [-0.2, 0) is 22.6 Å². The van der Waals surface area contributed by atoms with Gasteiger partial charge >= 0.3 is 0 Å². The SMILES string of the molecule is NC(=O)C1=C(O)C[C@@H]2CC3Cc4c(F)c(CN5CCC6(CCCC6)CC5)cc(O)c4C(=O)C3=C(O)[C@]2(O)C1=O. The van der Waals surface area contributed by atoms with Crippen LogP contribution < -0.4 is 5.73 Å². The summed E-state index contributed by atoms with van der Waals surface area (Å²) >= 11 is 0. The minimum atomic E-state index is -2.63. The molecule has 1 aliphatic heterocycles. The van der Waals surface area contributed by atoms with Crippen molar-refractivity contribution in [2.75, 3.05) is 13.1 Å². The van der Waals surface area contributed by atoms with E-state index in [1.54, 1.807) is 0 Å². The second-order valence-electron chi connectivity index (χ2n) is 12.1. The first-order valence-corrected chi connectivity index (χ1v) is 13.7. The van der Waals surface area contributed by atoms with Crippen LogP contribution in [0, 0.1) is 23.1 Å². The van der Waals surface area contributed by atoms with E-state index in [2.05, 4.69) is 4.90 Å². The summed E-state index contributed by atoms with van der Waals surface area (Å²) in [5.74, 6) is -7.74. The lowest BCUT2D eigenvalue weighted by molar-refractivity contribution is -0.144. The number of aliphatic hydroxyl groups is 3. The van der Waals surface area contributed by atoms with Crippen LogP contribution in [-0.4, -0.2) is 61.5 Å². The molecule has 10 heteroatoms. The summed E-state index contributed by atoms with van der Waals surface area (Å²) < 4.78 is 15.9. The summed E-state index contributed by atoms with van der Waals surface area (Å²) in [6, 6.07) is 1.25. The Morgan fingerprint density at radius 1 is 1.08 bits per heavy atom. The molecule has 1 aromatic rings. The lowest BCUT2D eigenvalue weighted by atomic mass is 9.60. The maximum atomic E-state index is 15.9. The number of ketones is 2. The Kier molecular flexibility index (Phi) is 5.93. The average molecular weight is 541 g/mol. The summed E-state index contributed by atoms with van der Waals surface area (Å²) in [4.78, 5) is 40.5. The van der Waals surface area contributed by atoms with E-state index in [-0.39, 0.29) is 36.0 Å².